The van der Waals surface area contributed by atoms with E-state index in [-0.39, 0.29) is 17.3 Å². The molecule has 0 aliphatic carbocycles. The topological polar surface area (TPSA) is 84.9 Å². The van der Waals surface area contributed by atoms with Gasteiger partial charge in [0.25, 0.3) is 0 Å². The van der Waals surface area contributed by atoms with Crippen molar-refractivity contribution in [1.29, 1.82) is 0 Å². The van der Waals surface area contributed by atoms with Gasteiger partial charge in [-0.05, 0) is 47.9 Å². The zero-order valence-electron chi connectivity index (χ0n) is 17.5. The van der Waals surface area contributed by atoms with Crippen LogP contribution in [0.1, 0.15) is 12.8 Å². The van der Waals surface area contributed by atoms with E-state index in [1.54, 1.807) is 30.3 Å². The average Bonchev–Trinajstić information content (AvgIpc) is 2.83. The highest BCUT2D eigenvalue weighted by Gasteiger charge is 2.33. The number of carbonyl (C=O) groups excluding carboxylic acids is 1. The van der Waals surface area contributed by atoms with Crippen molar-refractivity contribution in [2.45, 2.75) is 17.7 Å². The van der Waals surface area contributed by atoms with E-state index in [0.29, 0.717) is 49.8 Å². The van der Waals surface area contributed by atoms with Gasteiger partial charge in [0.05, 0.1) is 10.8 Å². The molecular formula is C24H24N2O5S. The number of carbonyl (C=O) groups is 1. The summed E-state index contributed by atoms with van der Waals surface area (Å²) in [4.78, 5) is 13.2. The van der Waals surface area contributed by atoms with Crippen molar-refractivity contribution in [3.63, 3.8) is 0 Å². The van der Waals surface area contributed by atoms with Gasteiger partial charge >= 0.3 is 0 Å². The van der Waals surface area contributed by atoms with Gasteiger partial charge in [-0.15, -0.1) is 0 Å². The lowest BCUT2D eigenvalue weighted by Gasteiger charge is -2.31. The lowest BCUT2D eigenvalue weighted by atomic mass is 9.98. The number of rotatable bonds is 4. The monoisotopic (exact) mass is 452 g/mol. The van der Waals surface area contributed by atoms with Crippen LogP contribution in [0.15, 0.2) is 65.6 Å². The van der Waals surface area contributed by atoms with Gasteiger partial charge in [0, 0.05) is 24.8 Å². The van der Waals surface area contributed by atoms with Crippen molar-refractivity contribution in [3.8, 4) is 11.5 Å². The van der Waals surface area contributed by atoms with Crippen LogP contribution in [0, 0.1) is 5.92 Å². The van der Waals surface area contributed by atoms with Crippen LogP contribution in [0.5, 0.6) is 11.5 Å². The standard InChI is InChI=1S/C24H24N2O5S/c27-24(25-20-8-10-22-23(15-20)31-13-12-30-22)19-6-3-11-26(16-19)32(28,29)21-9-7-17-4-1-2-5-18(17)14-21/h1-2,4-5,7-10,14-15,19H,3,6,11-13,16H2,(H,25,27)/t19-/m0/s1. The summed E-state index contributed by atoms with van der Waals surface area (Å²) in [5, 5.41) is 4.76. The normalized spacial score (nSPS) is 18.9. The molecule has 2 heterocycles. The van der Waals surface area contributed by atoms with Crippen LogP contribution in [-0.2, 0) is 14.8 Å². The third-order valence-corrected chi connectivity index (χ3v) is 7.78. The molecule has 7 nitrogen and oxygen atoms in total. The second-order valence-corrected chi connectivity index (χ2v) is 10.00. The third kappa shape index (κ3) is 4.03. The SMILES string of the molecule is O=C(Nc1ccc2c(c1)OCCO2)[C@H]1CCCN(S(=O)(=O)c2ccc3ccccc3c2)C1. The molecule has 1 amide bonds. The third-order valence-electron chi connectivity index (χ3n) is 5.92. The summed E-state index contributed by atoms with van der Waals surface area (Å²) in [6, 6.07) is 18.1. The summed E-state index contributed by atoms with van der Waals surface area (Å²) in [6.45, 7) is 1.53. The first-order chi connectivity index (χ1) is 15.5. The first-order valence-electron chi connectivity index (χ1n) is 10.7. The zero-order chi connectivity index (χ0) is 22.1. The van der Waals surface area contributed by atoms with Crippen LogP contribution in [0.4, 0.5) is 5.69 Å². The van der Waals surface area contributed by atoms with Gasteiger partial charge in [0.2, 0.25) is 15.9 Å². The summed E-state index contributed by atoms with van der Waals surface area (Å²) in [5.74, 6) is 0.630. The molecule has 0 saturated carbocycles. The Morgan fingerprint density at radius 1 is 0.938 bits per heavy atom. The molecule has 8 heteroatoms. The summed E-state index contributed by atoms with van der Waals surface area (Å²) < 4.78 is 39.1. The molecule has 0 aromatic heterocycles. The maximum absolute atomic E-state index is 13.3. The average molecular weight is 453 g/mol. The highest BCUT2D eigenvalue weighted by Crippen LogP contribution is 2.33. The summed E-state index contributed by atoms with van der Waals surface area (Å²) in [6.07, 6.45) is 1.27. The van der Waals surface area contributed by atoms with Crippen LogP contribution in [0.2, 0.25) is 0 Å². The molecule has 0 bridgehead atoms. The Bertz CT molecular complexity index is 1270. The highest BCUT2D eigenvalue weighted by atomic mass is 32.2. The molecule has 1 saturated heterocycles. The number of fused-ring (bicyclic) bond motifs is 2. The Morgan fingerprint density at radius 3 is 2.56 bits per heavy atom. The van der Waals surface area contributed by atoms with Crippen LogP contribution in [0.25, 0.3) is 10.8 Å². The van der Waals surface area contributed by atoms with E-state index < -0.39 is 15.9 Å². The number of hydrogen-bond donors (Lipinski definition) is 1. The van der Waals surface area contributed by atoms with Gasteiger partial charge in [-0.2, -0.15) is 4.31 Å². The van der Waals surface area contributed by atoms with Gasteiger partial charge in [0.1, 0.15) is 13.2 Å². The second-order valence-electron chi connectivity index (χ2n) is 8.06. The largest absolute Gasteiger partial charge is 0.486 e. The molecule has 166 valence electrons. The number of ether oxygens (including phenoxy) is 2. The molecular weight excluding hydrogens is 428 g/mol. The predicted octanol–water partition coefficient (Wildman–Crippen LogP) is 3.65. The van der Waals surface area contributed by atoms with E-state index in [1.165, 1.54) is 4.31 Å². The molecule has 1 atom stereocenters. The van der Waals surface area contributed by atoms with E-state index in [2.05, 4.69) is 5.32 Å². The number of amides is 1. The number of hydrogen-bond acceptors (Lipinski definition) is 5. The van der Waals surface area contributed by atoms with Gasteiger partial charge in [-0.1, -0.05) is 30.3 Å². The Labute approximate surface area is 187 Å². The molecule has 2 aliphatic heterocycles. The van der Waals surface area contributed by atoms with E-state index in [9.17, 15) is 13.2 Å². The number of sulfonamides is 1. The fraction of sp³-hybridized carbons (Fsp3) is 0.292. The van der Waals surface area contributed by atoms with Crippen LogP contribution < -0.4 is 14.8 Å². The highest BCUT2D eigenvalue weighted by molar-refractivity contribution is 7.89. The lowest BCUT2D eigenvalue weighted by Crippen LogP contribution is -2.43. The molecule has 3 aromatic carbocycles. The molecule has 3 aromatic rings. The molecule has 1 fully saturated rings. The summed E-state index contributed by atoms with van der Waals surface area (Å²) >= 11 is 0. The fourth-order valence-corrected chi connectivity index (χ4v) is 5.78. The number of piperidine rings is 1. The van der Waals surface area contributed by atoms with E-state index in [0.717, 1.165) is 10.8 Å². The maximum Gasteiger partial charge on any atom is 0.243 e. The molecule has 5 rings (SSSR count). The fourth-order valence-electron chi connectivity index (χ4n) is 4.22. The van der Waals surface area contributed by atoms with E-state index in [1.807, 2.05) is 30.3 Å². The first-order valence-corrected chi connectivity index (χ1v) is 12.1. The van der Waals surface area contributed by atoms with E-state index in [4.69, 9.17) is 9.47 Å². The molecule has 0 spiro atoms. The Kier molecular flexibility index (Phi) is 5.48. The van der Waals surface area contributed by atoms with Crippen LogP contribution in [-0.4, -0.2) is 44.9 Å². The molecule has 2 aliphatic rings. The minimum atomic E-state index is -3.69. The second kappa shape index (κ2) is 8.44. The molecule has 0 unspecified atom stereocenters. The van der Waals surface area contributed by atoms with Crippen molar-refractivity contribution < 1.29 is 22.7 Å². The van der Waals surface area contributed by atoms with Gasteiger partial charge in [-0.25, -0.2) is 8.42 Å². The van der Waals surface area contributed by atoms with Crippen molar-refractivity contribution in [2.75, 3.05) is 31.6 Å². The zero-order valence-corrected chi connectivity index (χ0v) is 18.3. The predicted molar refractivity (Wildman–Crippen MR) is 121 cm³/mol. The van der Waals surface area contributed by atoms with Crippen molar-refractivity contribution in [3.05, 3.63) is 60.7 Å². The maximum atomic E-state index is 13.3. The Morgan fingerprint density at radius 2 is 1.72 bits per heavy atom. The minimum Gasteiger partial charge on any atom is -0.486 e. The lowest BCUT2D eigenvalue weighted by molar-refractivity contribution is -0.120. The van der Waals surface area contributed by atoms with Crippen LogP contribution >= 0.6 is 0 Å². The number of benzene rings is 3. The smallest absolute Gasteiger partial charge is 0.243 e. The number of nitrogens with one attached hydrogen (secondary N) is 1. The molecule has 0 radical (unpaired) electrons. The van der Waals surface area contributed by atoms with Crippen molar-refractivity contribution in [2.24, 2.45) is 5.92 Å². The number of nitrogens with zero attached hydrogens (tertiary/aromatic N) is 1. The van der Waals surface area contributed by atoms with Crippen molar-refractivity contribution >= 4 is 32.4 Å². The first kappa shape index (κ1) is 20.8. The summed E-state index contributed by atoms with van der Waals surface area (Å²) in [5.41, 5.74) is 0.605. The van der Waals surface area contributed by atoms with Gasteiger partial charge in [0.15, 0.2) is 11.5 Å². The van der Waals surface area contributed by atoms with Gasteiger partial charge in [-0.3, -0.25) is 4.79 Å². The minimum absolute atomic E-state index is 0.158. The molecule has 32 heavy (non-hydrogen) atoms. The van der Waals surface area contributed by atoms with Crippen LogP contribution in [0.3, 0.4) is 0 Å². The van der Waals surface area contributed by atoms with Gasteiger partial charge < -0.3 is 14.8 Å². The van der Waals surface area contributed by atoms with Crippen molar-refractivity contribution in [1.82, 2.24) is 4.31 Å². The molecule has 1 N–H and O–H groups in total. The summed E-state index contributed by atoms with van der Waals surface area (Å²) in [7, 11) is -3.69. The Hall–Kier alpha value is -3.10. The Balaban J connectivity index is 1.31. The van der Waals surface area contributed by atoms with E-state index >= 15 is 0 Å². The number of anilines is 1. The quantitative estimate of drug-likeness (QED) is 0.653.